The van der Waals surface area contributed by atoms with Gasteiger partial charge >= 0.3 is 11.9 Å². The van der Waals surface area contributed by atoms with Crippen molar-refractivity contribution in [3.05, 3.63) is 95.1 Å². The van der Waals surface area contributed by atoms with Crippen molar-refractivity contribution in [1.29, 1.82) is 0 Å². The monoisotopic (exact) mass is 612 g/mol. The van der Waals surface area contributed by atoms with Crippen LogP contribution in [0.2, 0.25) is 0 Å². The molecule has 0 N–H and O–H groups in total. The number of unbranched alkanes of at least 4 members (excludes halogenated alkanes) is 9. The SMILES string of the molecule is CC(=O)Oc1cccc(C2=C(C)c3cc(OC(C)=O)ccc3OC2c2ccc(/C=C/CCCCCCCCCCCF)cc2)c1. The fourth-order valence-corrected chi connectivity index (χ4v) is 5.75. The molecule has 0 radical (unpaired) electrons. The van der Waals surface area contributed by atoms with Gasteiger partial charge < -0.3 is 14.2 Å². The van der Waals surface area contributed by atoms with E-state index in [1.165, 1.54) is 52.4 Å². The van der Waals surface area contributed by atoms with Gasteiger partial charge in [0.15, 0.2) is 0 Å². The number of alkyl halides is 1. The highest BCUT2D eigenvalue weighted by atomic mass is 19.1. The van der Waals surface area contributed by atoms with Crippen molar-refractivity contribution in [2.24, 2.45) is 0 Å². The molecule has 0 saturated carbocycles. The number of carbonyl (C=O) groups excluding carboxylic acids is 2. The highest BCUT2D eigenvalue weighted by Crippen LogP contribution is 2.47. The fourth-order valence-electron chi connectivity index (χ4n) is 5.75. The molecule has 1 aliphatic rings. The van der Waals surface area contributed by atoms with Gasteiger partial charge in [-0.3, -0.25) is 14.0 Å². The van der Waals surface area contributed by atoms with Crippen molar-refractivity contribution in [2.75, 3.05) is 6.67 Å². The lowest BCUT2D eigenvalue weighted by molar-refractivity contribution is -0.132. The molecule has 0 aliphatic carbocycles. The van der Waals surface area contributed by atoms with Gasteiger partial charge in [0.25, 0.3) is 0 Å². The largest absolute Gasteiger partial charge is 0.480 e. The predicted molar refractivity (Wildman–Crippen MR) is 179 cm³/mol. The second-order valence-electron chi connectivity index (χ2n) is 11.6. The van der Waals surface area contributed by atoms with E-state index in [4.69, 9.17) is 14.2 Å². The summed E-state index contributed by atoms with van der Waals surface area (Å²) in [7, 11) is 0. The van der Waals surface area contributed by atoms with E-state index in [9.17, 15) is 14.0 Å². The first kappa shape index (κ1) is 33.7. The first-order valence-electron chi connectivity index (χ1n) is 16.2. The van der Waals surface area contributed by atoms with E-state index in [1.807, 2.05) is 37.3 Å². The zero-order valence-electron chi connectivity index (χ0n) is 26.8. The molecule has 6 heteroatoms. The Morgan fingerprint density at radius 1 is 0.778 bits per heavy atom. The number of esters is 2. The lowest BCUT2D eigenvalue weighted by Crippen LogP contribution is -2.17. The molecule has 1 atom stereocenters. The normalized spacial score (nSPS) is 14.3. The number of allylic oxidation sites excluding steroid dienone is 2. The van der Waals surface area contributed by atoms with Crippen LogP contribution in [0.4, 0.5) is 4.39 Å². The van der Waals surface area contributed by atoms with Gasteiger partial charge in [-0.2, -0.15) is 0 Å². The minimum absolute atomic E-state index is 0.184. The van der Waals surface area contributed by atoms with Crippen molar-refractivity contribution in [2.45, 2.75) is 91.1 Å². The van der Waals surface area contributed by atoms with Crippen molar-refractivity contribution in [3.63, 3.8) is 0 Å². The molecule has 0 fully saturated rings. The molecule has 1 unspecified atom stereocenters. The Morgan fingerprint density at radius 3 is 2.04 bits per heavy atom. The van der Waals surface area contributed by atoms with Crippen LogP contribution in [0.5, 0.6) is 17.2 Å². The Morgan fingerprint density at radius 2 is 1.40 bits per heavy atom. The van der Waals surface area contributed by atoms with E-state index in [0.717, 1.165) is 52.7 Å². The van der Waals surface area contributed by atoms with Gasteiger partial charge in [0.2, 0.25) is 0 Å². The molecule has 1 aliphatic heterocycles. The second kappa shape index (κ2) is 17.3. The van der Waals surface area contributed by atoms with Crippen molar-refractivity contribution >= 4 is 29.2 Å². The molecule has 4 rings (SSSR count). The summed E-state index contributed by atoms with van der Waals surface area (Å²) in [6, 6.07) is 21.3. The molecule has 0 aromatic heterocycles. The summed E-state index contributed by atoms with van der Waals surface area (Å²) in [6.07, 6.45) is 15.4. The van der Waals surface area contributed by atoms with Crippen LogP contribution in [-0.2, 0) is 9.59 Å². The average molecular weight is 613 g/mol. The molecule has 5 nitrogen and oxygen atoms in total. The number of hydrogen-bond donors (Lipinski definition) is 0. The van der Waals surface area contributed by atoms with E-state index in [1.54, 1.807) is 12.1 Å². The lowest BCUT2D eigenvalue weighted by atomic mass is 9.86. The van der Waals surface area contributed by atoms with Crippen molar-refractivity contribution in [1.82, 2.24) is 0 Å². The van der Waals surface area contributed by atoms with E-state index in [-0.39, 0.29) is 18.6 Å². The number of hydrogen-bond acceptors (Lipinski definition) is 5. The summed E-state index contributed by atoms with van der Waals surface area (Å²) in [5.74, 6) is 0.849. The predicted octanol–water partition coefficient (Wildman–Crippen LogP) is 10.5. The number of ether oxygens (including phenoxy) is 3. The Hall–Kier alpha value is -4.19. The summed E-state index contributed by atoms with van der Waals surface area (Å²) in [5.41, 5.74) is 5.77. The molecule has 45 heavy (non-hydrogen) atoms. The van der Waals surface area contributed by atoms with Gasteiger partial charge in [-0.1, -0.05) is 93.5 Å². The standard InChI is InChI=1S/C39H45FO5/c1-28-36-27-35(44-30(3)42)23-24-37(36)45-39(38(28)33-17-15-18-34(26-33)43-29(2)41)32-21-19-31(20-22-32)16-13-11-9-7-5-4-6-8-10-12-14-25-40/h13,15-24,26-27,39H,4-12,14,25H2,1-3H3/b16-13+. The third-order valence-corrected chi connectivity index (χ3v) is 7.99. The average Bonchev–Trinajstić information content (AvgIpc) is 3.01. The highest BCUT2D eigenvalue weighted by Gasteiger charge is 2.30. The van der Waals surface area contributed by atoms with Gasteiger partial charge in [0.1, 0.15) is 23.4 Å². The van der Waals surface area contributed by atoms with E-state index >= 15 is 0 Å². The maximum Gasteiger partial charge on any atom is 0.308 e. The summed E-state index contributed by atoms with van der Waals surface area (Å²) in [5, 5.41) is 0. The van der Waals surface area contributed by atoms with Crippen LogP contribution >= 0.6 is 0 Å². The number of fused-ring (bicyclic) bond motifs is 1. The molecule has 238 valence electrons. The van der Waals surface area contributed by atoms with Crippen molar-refractivity contribution < 1.29 is 28.2 Å². The summed E-state index contributed by atoms with van der Waals surface area (Å²) < 4.78 is 29.5. The maximum atomic E-state index is 12.1. The van der Waals surface area contributed by atoms with Crippen LogP contribution in [-0.4, -0.2) is 18.6 Å². The molecule has 1 heterocycles. The van der Waals surface area contributed by atoms with Gasteiger partial charge in [0, 0.05) is 25.0 Å². The molecular formula is C39H45FO5. The quantitative estimate of drug-likeness (QED) is 0.0915. The summed E-state index contributed by atoms with van der Waals surface area (Å²) >= 11 is 0. The van der Waals surface area contributed by atoms with Gasteiger partial charge in [0.05, 0.1) is 6.67 Å². The zero-order valence-corrected chi connectivity index (χ0v) is 26.8. The van der Waals surface area contributed by atoms with Crippen LogP contribution < -0.4 is 14.2 Å². The Balaban J connectivity index is 1.45. The van der Waals surface area contributed by atoms with Crippen LogP contribution in [0, 0.1) is 0 Å². The topological polar surface area (TPSA) is 61.8 Å². The number of rotatable bonds is 16. The van der Waals surface area contributed by atoms with Crippen LogP contribution in [0.25, 0.3) is 17.2 Å². The number of benzene rings is 3. The van der Waals surface area contributed by atoms with Gasteiger partial charge in [-0.15, -0.1) is 0 Å². The van der Waals surface area contributed by atoms with E-state index in [0.29, 0.717) is 23.7 Å². The Kier molecular flexibility index (Phi) is 13.0. The van der Waals surface area contributed by atoms with Crippen LogP contribution in [0.15, 0.2) is 72.8 Å². The fraction of sp³-hybridized carbons (Fsp3) is 0.385. The Labute approximate surface area is 267 Å². The second-order valence-corrected chi connectivity index (χ2v) is 11.6. The van der Waals surface area contributed by atoms with E-state index < -0.39 is 6.10 Å². The molecule has 0 saturated heterocycles. The molecule has 0 bridgehead atoms. The highest BCUT2D eigenvalue weighted by molar-refractivity contribution is 5.96. The first-order chi connectivity index (χ1) is 21.9. The summed E-state index contributed by atoms with van der Waals surface area (Å²) in [4.78, 5) is 23.3. The minimum atomic E-state index is -0.397. The van der Waals surface area contributed by atoms with Crippen LogP contribution in [0.1, 0.15) is 113 Å². The maximum absolute atomic E-state index is 12.1. The first-order valence-corrected chi connectivity index (χ1v) is 16.2. The number of carbonyl (C=O) groups is 2. The smallest absolute Gasteiger partial charge is 0.308 e. The lowest BCUT2D eigenvalue weighted by Gasteiger charge is -2.31. The molecule has 0 spiro atoms. The third kappa shape index (κ3) is 10.2. The summed E-state index contributed by atoms with van der Waals surface area (Å²) in [6.45, 7) is 4.61. The molecular weight excluding hydrogens is 567 g/mol. The Bertz CT molecular complexity index is 1490. The molecule has 0 amide bonds. The van der Waals surface area contributed by atoms with E-state index in [2.05, 4.69) is 36.4 Å². The van der Waals surface area contributed by atoms with Crippen LogP contribution in [0.3, 0.4) is 0 Å². The third-order valence-electron chi connectivity index (χ3n) is 7.99. The zero-order chi connectivity index (χ0) is 32.0. The molecule has 3 aromatic carbocycles. The van der Waals surface area contributed by atoms with Gasteiger partial charge in [-0.25, -0.2) is 0 Å². The molecule has 3 aromatic rings. The van der Waals surface area contributed by atoms with Gasteiger partial charge in [-0.05, 0) is 78.8 Å². The minimum Gasteiger partial charge on any atom is -0.480 e. The number of halogens is 1. The van der Waals surface area contributed by atoms with Crippen molar-refractivity contribution in [3.8, 4) is 17.2 Å².